The lowest BCUT2D eigenvalue weighted by atomic mass is 10.1. The minimum atomic E-state index is 0.0972. The van der Waals surface area contributed by atoms with Crippen molar-refractivity contribution in [3.63, 3.8) is 0 Å². The second kappa shape index (κ2) is 3.44. The third-order valence-corrected chi connectivity index (χ3v) is 2.55. The Morgan fingerprint density at radius 1 is 1.25 bits per heavy atom. The highest BCUT2D eigenvalue weighted by atomic mass is 16.2. The van der Waals surface area contributed by atoms with E-state index in [0.717, 1.165) is 19.4 Å². The Labute approximate surface area is 72.9 Å². The normalized spacial score (nSPS) is 31.0. The van der Waals surface area contributed by atoms with E-state index in [1.165, 1.54) is 19.3 Å². The molecule has 1 amide bonds. The van der Waals surface area contributed by atoms with Crippen molar-refractivity contribution < 1.29 is 4.79 Å². The van der Waals surface area contributed by atoms with Crippen LogP contribution in [0.15, 0.2) is 0 Å². The van der Waals surface area contributed by atoms with Gasteiger partial charge in [0.2, 0.25) is 5.91 Å². The van der Waals surface area contributed by atoms with Crippen molar-refractivity contribution in [2.45, 2.75) is 44.2 Å². The first-order valence-corrected chi connectivity index (χ1v) is 4.90. The lowest BCUT2D eigenvalue weighted by Gasteiger charge is -2.13. The van der Waals surface area contributed by atoms with Gasteiger partial charge < -0.3 is 10.6 Å². The molecule has 1 aliphatic heterocycles. The van der Waals surface area contributed by atoms with E-state index in [9.17, 15) is 4.79 Å². The summed E-state index contributed by atoms with van der Waals surface area (Å²) in [6, 6.07) is 0.735. The molecular formula is C9H16N2O. The summed E-state index contributed by atoms with van der Waals surface area (Å²) in [5.74, 6) is 0.208. The monoisotopic (exact) mass is 168 g/mol. The molecule has 0 bridgehead atoms. The second-order valence-corrected chi connectivity index (χ2v) is 3.78. The molecular weight excluding hydrogens is 152 g/mol. The quantitative estimate of drug-likeness (QED) is 0.627. The third-order valence-electron chi connectivity index (χ3n) is 2.55. The van der Waals surface area contributed by atoms with Gasteiger partial charge in [0, 0.05) is 12.6 Å². The number of amides is 1. The lowest BCUT2D eigenvalue weighted by molar-refractivity contribution is -0.122. The van der Waals surface area contributed by atoms with E-state index in [-0.39, 0.29) is 11.9 Å². The summed E-state index contributed by atoms with van der Waals surface area (Å²) in [6.07, 6.45) is 5.83. The Bertz CT molecular complexity index is 177. The first-order valence-electron chi connectivity index (χ1n) is 4.90. The van der Waals surface area contributed by atoms with Gasteiger partial charge in [-0.2, -0.15) is 0 Å². The van der Waals surface area contributed by atoms with Crippen LogP contribution in [-0.4, -0.2) is 24.5 Å². The maximum absolute atomic E-state index is 11.4. The highest BCUT2D eigenvalue weighted by Gasteiger charge is 2.28. The number of hydrogen-bond acceptors (Lipinski definition) is 2. The van der Waals surface area contributed by atoms with Crippen molar-refractivity contribution >= 4 is 5.91 Å². The molecule has 2 aliphatic rings. The van der Waals surface area contributed by atoms with Crippen LogP contribution in [0.25, 0.3) is 0 Å². The molecule has 0 aromatic rings. The summed E-state index contributed by atoms with van der Waals surface area (Å²) in [5, 5.41) is 6.30. The zero-order chi connectivity index (χ0) is 8.39. The molecule has 3 heteroatoms. The molecule has 1 unspecified atom stereocenters. The highest BCUT2D eigenvalue weighted by molar-refractivity contribution is 5.81. The van der Waals surface area contributed by atoms with Crippen LogP contribution in [0.5, 0.6) is 0 Å². The minimum Gasteiger partial charge on any atom is -0.355 e. The molecule has 2 fully saturated rings. The molecule has 0 aromatic carbocycles. The zero-order valence-electron chi connectivity index (χ0n) is 7.31. The van der Waals surface area contributed by atoms with Crippen LogP contribution in [0.1, 0.15) is 32.1 Å². The molecule has 68 valence electrons. The molecule has 1 heterocycles. The van der Waals surface area contributed by atoms with Gasteiger partial charge in [0.15, 0.2) is 0 Å². The summed E-state index contributed by atoms with van der Waals surface area (Å²) < 4.78 is 0. The Morgan fingerprint density at radius 3 is 2.83 bits per heavy atom. The standard InChI is InChI=1S/C9H16N2O/c12-9-8(11-7-4-5-7)3-1-2-6-10-9/h7-8,11H,1-6H2,(H,10,12). The zero-order valence-corrected chi connectivity index (χ0v) is 7.31. The van der Waals surface area contributed by atoms with E-state index in [1.54, 1.807) is 0 Å². The fourth-order valence-electron chi connectivity index (χ4n) is 1.63. The first-order chi connectivity index (χ1) is 5.86. The van der Waals surface area contributed by atoms with Gasteiger partial charge in [-0.05, 0) is 32.1 Å². The van der Waals surface area contributed by atoms with E-state index < -0.39 is 0 Å². The summed E-state index contributed by atoms with van der Waals surface area (Å²) in [4.78, 5) is 11.4. The van der Waals surface area contributed by atoms with E-state index in [2.05, 4.69) is 10.6 Å². The van der Waals surface area contributed by atoms with Crippen molar-refractivity contribution in [2.24, 2.45) is 0 Å². The van der Waals surface area contributed by atoms with Crippen LogP contribution in [0.4, 0.5) is 0 Å². The lowest BCUT2D eigenvalue weighted by Crippen LogP contribution is -2.43. The SMILES string of the molecule is O=C1NCCCCC1NC1CC1. The predicted molar refractivity (Wildman–Crippen MR) is 46.8 cm³/mol. The molecule has 1 atom stereocenters. The van der Waals surface area contributed by atoms with Crippen LogP contribution in [0, 0.1) is 0 Å². The molecule has 2 rings (SSSR count). The highest BCUT2D eigenvalue weighted by Crippen LogP contribution is 2.20. The average Bonchev–Trinajstić information content (AvgIpc) is 2.84. The van der Waals surface area contributed by atoms with Crippen molar-refractivity contribution in [2.75, 3.05) is 6.54 Å². The van der Waals surface area contributed by atoms with E-state index in [4.69, 9.17) is 0 Å². The van der Waals surface area contributed by atoms with Crippen LogP contribution >= 0.6 is 0 Å². The van der Waals surface area contributed by atoms with Gasteiger partial charge in [0.05, 0.1) is 6.04 Å². The van der Waals surface area contributed by atoms with E-state index in [1.807, 2.05) is 0 Å². The van der Waals surface area contributed by atoms with Gasteiger partial charge in [-0.1, -0.05) is 0 Å². The molecule has 2 N–H and O–H groups in total. The maximum atomic E-state index is 11.4. The van der Waals surface area contributed by atoms with Gasteiger partial charge in [0.25, 0.3) is 0 Å². The average molecular weight is 168 g/mol. The summed E-state index contributed by atoms with van der Waals surface area (Å²) >= 11 is 0. The Morgan fingerprint density at radius 2 is 2.08 bits per heavy atom. The maximum Gasteiger partial charge on any atom is 0.237 e. The molecule has 1 saturated carbocycles. The van der Waals surface area contributed by atoms with Crippen molar-refractivity contribution in [1.82, 2.24) is 10.6 Å². The summed E-state index contributed by atoms with van der Waals surface area (Å²) in [6.45, 7) is 0.863. The van der Waals surface area contributed by atoms with E-state index in [0.29, 0.717) is 6.04 Å². The molecule has 0 spiro atoms. The molecule has 12 heavy (non-hydrogen) atoms. The van der Waals surface area contributed by atoms with Crippen LogP contribution in [0.3, 0.4) is 0 Å². The van der Waals surface area contributed by atoms with Crippen molar-refractivity contribution in [1.29, 1.82) is 0 Å². The third kappa shape index (κ3) is 1.97. The van der Waals surface area contributed by atoms with Gasteiger partial charge in [-0.25, -0.2) is 0 Å². The Balaban J connectivity index is 1.85. The smallest absolute Gasteiger partial charge is 0.237 e. The van der Waals surface area contributed by atoms with Gasteiger partial charge in [0.1, 0.15) is 0 Å². The predicted octanol–water partition coefficient (Wildman–Crippen LogP) is 0.407. The van der Waals surface area contributed by atoms with Crippen molar-refractivity contribution in [3.05, 3.63) is 0 Å². The van der Waals surface area contributed by atoms with Crippen LogP contribution in [0.2, 0.25) is 0 Å². The number of nitrogens with one attached hydrogen (secondary N) is 2. The topological polar surface area (TPSA) is 41.1 Å². The molecule has 0 aromatic heterocycles. The fourth-order valence-corrected chi connectivity index (χ4v) is 1.63. The number of hydrogen-bond donors (Lipinski definition) is 2. The molecule has 3 nitrogen and oxygen atoms in total. The van der Waals surface area contributed by atoms with Gasteiger partial charge in [-0.15, -0.1) is 0 Å². The largest absolute Gasteiger partial charge is 0.355 e. The number of rotatable bonds is 2. The minimum absolute atomic E-state index is 0.0972. The number of carbonyl (C=O) groups is 1. The van der Waals surface area contributed by atoms with Crippen LogP contribution in [-0.2, 0) is 4.79 Å². The Kier molecular flexibility index (Phi) is 2.30. The van der Waals surface area contributed by atoms with Gasteiger partial charge >= 0.3 is 0 Å². The molecule has 0 radical (unpaired) electrons. The summed E-state index contributed by atoms with van der Waals surface area (Å²) in [5.41, 5.74) is 0. The first kappa shape index (κ1) is 8.05. The second-order valence-electron chi connectivity index (χ2n) is 3.78. The van der Waals surface area contributed by atoms with E-state index >= 15 is 0 Å². The molecule has 1 saturated heterocycles. The van der Waals surface area contributed by atoms with Crippen LogP contribution < -0.4 is 10.6 Å². The summed E-state index contributed by atoms with van der Waals surface area (Å²) in [7, 11) is 0. The molecule has 1 aliphatic carbocycles. The van der Waals surface area contributed by atoms with Crippen molar-refractivity contribution in [3.8, 4) is 0 Å². The van der Waals surface area contributed by atoms with Gasteiger partial charge in [-0.3, -0.25) is 4.79 Å². The number of carbonyl (C=O) groups excluding carboxylic acids is 1. The Hall–Kier alpha value is -0.570. The fraction of sp³-hybridized carbons (Fsp3) is 0.889.